The fourth-order valence-corrected chi connectivity index (χ4v) is 2.44. The lowest BCUT2D eigenvalue weighted by molar-refractivity contribution is 0.313. The standard InChI is InChI=1S/C14H17FN4O/c1-19-9-17-14(18-19)8-16-12-3-2-6-20-13-7-10(15)4-5-11(12)13/h4-5,7,9,12,16H,2-3,6,8H2,1H3/t12-/m1/s1. The van der Waals surface area contributed by atoms with Crippen LogP contribution < -0.4 is 10.1 Å². The molecule has 0 fully saturated rings. The smallest absolute Gasteiger partial charge is 0.164 e. The van der Waals surface area contributed by atoms with Gasteiger partial charge in [-0.1, -0.05) is 6.07 Å². The first-order chi connectivity index (χ1) is 9.72. The van der Waals surface area contributed by atoms with Crippen molar-refractivity contribution in [2.24, 2.45) is 7.05 Å². The number of benzene rings is 1. The van der Waals surface area contributed by atoms with Gasteiger partial charge in [-0.15, -0.1) is 0 Å². The molecule has 1 aliphatic rings. The van der Waals surface area contributed by atoms with Crippen LogP contribution in [0.1, 0.15) is 30.3 Å². The Hall–Kier alpha value is -1.95. The number of halogens is 1. The first-order valence-corrected chi connectivity index (χ1v) is 6.72. The maximum absolute atomic E-state index is 13.3. The maximum atomic E-state index is 13.3. The quantitative estimate of drug-likeness (QED) is 0.931. The van der Waals surface area contributed by atoms with Crippen molar-refractivity contribution >= 4 is 0 Å². The molecule has 1 aliphatic heterocycles. The first-order valence-electron chi connectivity index (χ1n) is 6.72. The molecule has 0 saturated carbocycles. The van der Waals surface area contributed by atoms with Gasteiger partial charge in [-0.3, -0.25) is 4.68 Å². The second-order valence-corrected chi connectivity index (χ2v) is 4.94. The second kappa shape index (κ2) is 5.58. The van der Waals surface area contributed by atoms with Crippen LogP contribution in [0.2, 0.25) is 0 Å². The third kappa shape index (κ3) is 2.80. The van der Waals surface area contributed by atoms with Crippen LogP contribution in [0.5, 0.6) is 5.75 Å². The van der Waals surface area contributed by atoms with Crippen LogP contribution in [0.25, 0.3) is 0 Å². The Morgan fingerprint density at radius 3 is 3.20 bits per heavy atom. The topological polar surface area (TPSA) is 52.0 Å². The van der Waals surface area contributed by atoms with Crippen LogP contribution in [0.4, 0.5) is 4.39 Å². The largest absolute Gasteiger partial charge is 0.493 e. The highest BCUT2D eigenvalue weighted by atomic mass is 19.1. The van der Waals surface area contributed by atoms with Gasteiger partial charge in [0, 0.05) is 24.7 Å². The summed E-state index contributed by atoms with van der Waals surface area (Å²) in [5.74, 6) is 1.12. The fourth-order valence-electron chi connectivity index (χ4n) is 2.44. The third-order valence-corrected chi connectivity index (χ3v) is 3.40. The summed E-state index contributed by atoms with van der Waals surface area (Å²) < 4.78 is 20.6. The Bertz CT molecular complexity index is 599. The molecule has 0 spiro atoms. The number of ether oxygens (including phenoxy) is 1. The molecule has 3 rings (SSSR count). The van der Waals surface area contributed by atoms with Gasteiger partial charge in [-0.05, 0) is 18.9 Å². The minimum Gasteiger partial charge on any atom is -0.493 e. The summed E-state index contributed by atoms with van der Waals surface area (Å²) in [5, 5.41) is 7.67. The predicted molar refractivity (Wildman–Crippen MR) is 71.7 cm³/mol. The van der Waals surface area contributed by atoms with Gasteiger partial charge in [0.25, 0.3) is 0 Å². The monoisotopic (exact) mass is 276 g/mol. The van der Waals surface area contributed by atoms with Crippen LogP contribution in [0, 0.1) is 5.82 Å². The number of rotatable bonds is 3. The summed E-state index contributed by atoms with van der Waals surface area (Å²) in [6, 6.07) is 4.85. The molecule has 20 heavy (non-hydrogen) atoms. The molecule has 2 aromatic rings. The molecule has 5 nitrogen and oxygen atoms in total. The van der Waals surface area contributed by atoms with E-state index in [1.807, 2.05) is 7.05 Å². The minimum absolute atomic E-state index is 0.136. The highest BCUT2D eigenvalue weighted by molar-refractivity contribution is 5.37. The van der Waals surface area contributed by atoms with Gasteiger partial charge in [0.05, 0.1) is 13.2 Å². The van der Waals surface area contributed by atoms with Crippen molar-refractivity contribution in [1.29, 1.82) is 0 Å². The number of hydrogen-bond acceptors (Lipinski definition) is 4. The molecule has 1 aromatic heterocycles. The number of aryl methyl sites for hydroxylation is 1. The lowest BCUT2D eigenvalue weighted by Crippen LogP contribution is -2.21. The van der Waals surface area contributed by atoms with Crippen LogP contribution >= 0.6 is 0 Å². The molecule has 0 radical (unpaired) electrons. The van der Waals surface area contributed by atoms with Crippen LogP contribution in [-0.4, -0.2) is 21.4 Å². The lowest BCUT2D eigenvalue weighted by atomic mass is 10.0. The zero-order chi connectivity index (χ0) is 13.9. The summed E-state index contributed by atoms with van der Waals surface area (Å²) >= 11 is 0. The Labute approximate surface area is 116 Å². The second-order valence-electron chi connectivity index (χ2n) is 4.94. The van der Waals surface area contributed by atoms with E-state index in [0.717, 1.165) is 24.2 Å². The van der Waals surface area contributed by atoms with Gasteiger partial charge in [-0.2, -0.15) is 5.10 Å². The van der Waals surface area contributed by atoms with Crippen molar-refractivity contribution in [2.45, 2.75) is 25.4 Å². The van der Waals surface area contributed by atoms with Crippen molar-refractivity contribution in [3.63, 3.8) is 0 Å². The van der Waals surface area contributed by atoms with E-state index in [4.69, 9.17) is 4.74 Å². The molecule has 1 aromatic carbocycles. The van der Waals surface area contributed by atoms with Crippen molar-refractivity contribution in [2.75, 3.05) is 6.61 Å². The summed E-state index contributed by atoms with van der Waals surface area (Å²) in [7, 11) is 1.84. The number of hydrogen-bond donors (Lipinski definition) is 1. The molecule has 6 heteroatoms. The normalized spacial score (nSPS) is 18.2. The number of fused-ring (bicyclic) bond motifs is 1. The van der Waals surface area contributed by atoms with Gasteiger partial charge < -0.3 is 10.1 Å². The molecule has 0 aliphatic carbocycles. The predicted octanol–water partition coefficient (Wildman–Crippen LogP) is 1.96. The maximum Gasteiger partial charge on any atom is 0.164 e. The van der Waals surface area contributed by atoms with Gasteiger partial charge in [-0.25, -0.2) is 9.37 Å². The van der Waals surface area contributed by atoms with E-state index in [-0.39, 0.29) is 11.9 Å². The molecular weight excluding hydrogens is 259 g/mol. The number of nitrogens with zero attached hydrogens (tertiary/aromatic N) is 3. The average molecular weight is 276 g/mol. The van der Waals surface area contributed by atoms with E-state index >= 15 is 0 Å². The van der Waals surface area contributed by atoms with E-state index in [9.17, 15) is 4.39 Å². The van der Waals surface area contributed by atoms with Crippen molar-refractivity contribution < 1.29 is 9.13 Å². The van der Waals surface area contributed by atoms with Gasteiger partial charge >= 0.3 is 0 Å². The van der Waals surface area contributed by atoms with Crippen molar-refractivity contribution in [1.82, 2.24) is 20.1 Å². The van der Waals surface area contributed by atoms with Crippen LogP contribution in [-0.2, 0) is 13.6 Å². The molecule has 0 saturated heterocycles. The van der Waals surface area contributed by atoms with Gasteiger partial charge in [0.15, 0.2) is 5.82 Å². The Morgan fingerprint density at radius 1 is 1.50 bits per heavy atom. The van der Waals surface area contributed by atoms with E-state index in [1.165, 1.54) is 12.1 Å². The first kappa shape index (κ1) is 13.1. The SMILES string of the molecule is Cn1cnc(CN[C@@H]2CCCOc3cc(F)ccc32)n1. The van der Waals surface area contributed by atoms with E-state index in [0.29, 0.717) is 18.9 Å². The molecule has 1 atom stereocenters. The minimum atomic E-state index is -0.268. The van der Waals surface area contributed by atoms with E-state index in [1.54, 1.807) is 17.1 Å². The summed E-state index contributed by atoms with van der Waals surface area (Å²) in [6.07, 6.45) is 3.56. The highest BCUT2D eigenvalue weighted by Gasteiger charge is 2.20. The molecule has 0 bridgehead atoms. The van der Waals surface area contributed by atoms with Crippen molar-refractivity contribution in [3.8, 4) is 5.75 Å². The molecular formula is C14H17FN4O. The molecule has 2 heterocycles. The highest BCUT2D eigenvalue weighted by Crippen LogP contribution is 2.32. The third-order valence-electron chi connectivity index (χ3n) is 3.40. The van der Waals surface area contributed by atoms with Crippen LogP contribution in [0.15, 0.2) is 24.5 Å². The van der Waals surface area contributed by atoms with Crippen molar-refractivity contribution in [3.05, 3.63) is 41.7 Å². The van der Waals surface area contributed by atoms with Gasteiger partial charge in [0.1, 0.15) is 17.9 Å². The summed E-state index contributed by atoms with van der Waals surface area (Å²) in [6.45, 7) is 1.21. The zero-order valence-corrected chi connectivity index (χ0v) is 11.3. The number of aromatic nitrogens is 3. The summed E-state index contributed by atoms with van der Waals surface area (Å²) in [4.78, 5) is 4.19. The average Bonchev–Trinajstić information content (AvgIpc) is 2.74. The Kier molecular flexibility index (Phi) is 3.64. The summed E-state index contributed by atoms with van der Waals surface area (Å²) in [5.41, 5.74) is 1.000. The Balaban J connectivity index is 1.76. The van der Waals surface area contributed by atoms with Gasteiger partial charge in [0.2, 0.25) is 0 Å². The molecule has 0 amide bonds. The van der Waals surface area contributed by atoms with E-state index < -0.39 is 0 Å². The van der Waals surface area contributed by atoms with Crippen LogP contribution in [0.3, 0.4) is 0 Å². The molecule has 1 N–H and O–H groups in total. The van der Waals surface area contributed by atoms with E-state index in [2.05, 4.69) is 15.4 Å². The molecule has 0 unspecified atom stereocenters. The lowest BCUT2D eigenvalue weighted by Gasteiger charge is -2.17. The zero-order valence-electron chi connectivity index (χ0n) is 11.3. The Morgan fingerprint density at radius 2 is 2.40 bits per heavy atom. The fraction of sp³-hybridized carbons (Fsp3) is 0.429. The number of nitrogens with one attached hydrogen (secondary N) is 1. The molecule has 106 valence electrons.